The Balaban J connectivity index is 2.72. The van der Waals surface area contributed by atoms with E-state index in [0.717, 1.165) is 5.56 Å². The number of rotatable bonds is 2. The van der Waals surface area contributed by atoms with Crippen molar-refractivity contribution in [1.29, 1.82) is 0 Å². The molecule has 1 nitrogen and oxygen atoms in total. The maximum absolute atomic E-state index is 3.92. The molecule has 0 amide bonds. The number of nitrogens with zero attached hydrogens (tertiary/aromatic N) is 1. The monoisotopic (exact) mass is 118 g/mol. The summed E-state index contributed by atoms with van der Waals surface area (Å²) in [6, 6.07) is 3.88. The maximum atomic E-state index is 3.92. The van der Waals surface area contributed by atoms with Crippen LogP contribution < -0.4 is 0 Å². The molecule has 1 rings (SSSR count). The first-order valence-corrected chi connectivity index (χ1v) is 2.79. The van der Waals surface area contributed by atoms with E-state index < -0.39 is 0 Å². The molecule has 0 aliphatic carbocycles. The van der Waals surface area contributed by atoms with Gasteiger partial charge in [-0.2, -0.15) is 12.7 Å². The molecule has 0 N–H and O–H groups in total. The molecule has 0 aliphatic rings. The normalized spacial score (nSPS) is 8.44. The predicted octanol–water partition coefficient (Wildman–Crippen LogP) is 1.82. The van der Waals surface area contributed by atoms with E-state index >= 15 is 0 Å². The summed E-state index contributed by atoms with van der Waals surface area (Å²) < 4.78 is 0. The van der Waals surface area contributed by atoms with Crippen molar-refractivity contribution in [3.8, 4) is 0 Å². The van der Waals surface area contributed by atoms with E-state index in [-0.39, 0.29) is 0 Å². The number of pyridine rings is 1. The van der Waals surface area contributed by atoms with E-state index in [4.69, 9.17) is 0 Å². The fourth-order valence-corrected chi connectivity index (χ4v) is 0.611. The van der Waals surface area contributed by atoms with Crippen LogP contribution in [0, 0.1) is 6.42 Å². The fraction of sp³-hybridized carbons (Fsp3) is 0. The van der Waals surface area contributed by atoms with Crippen LogP contribution in [0.5, 0.6) is 0 Å². The van der Waals surface area contributed by atoms with Crippen LogP contribution in [0.15, 0.2) is 37.2 Å². The molecule has 1 heterocycles. The van der Waals surface area contributed by atoms with Crippen molar-refractivity contribution in [3.05, 3.63) is 49.2 Å². The Morgan fingerprint density at radius 2 is 2.56 bits per heavy atom. The van der Waals surface area contributed by atoms with Gasteiger partial charge in [-0.3, -0.25) is 0 Å². The largest absolute Gasteiger partial charge is 0.313 e. The Morgan fingerprint density at radius 1 is 1.67 bits per heavy atom. The van der Waals surface area contributed by atoms with Gasteiger partial charge in [-0.25, -0.2) is 0 Å². The van der Waals surface area contributed by atoms with Gasteiger partial charge in [0.2, 0.25) is 0 Å². The second-order valence-electron chi connectivity index (χ2n) is 1.69. The molecule has 0 saturated heterocycles. The first-order chi connectivity index (χ1) is 4.43. The fourth-order valence-electron chi connectivity index (χ4n) is 0.611. The third-order valence-corrected chi connectivity index (χ3v) is 0.995. The minimum atomic E-state index is 1.09. The van der Waals surface area contributed by atoms with E-state index in [0.29, 0.717) is 0 Å². The van der Waals surface area contributed by atoms with Crippen LogP contribution in [-0.4, -0.2) is 4.98 Å². The average Bonchev–Trinajstić information content (AvgIpc) is 1.91. The maximum Gasteiger partial charge on any atom is 0.00617 e. The van der Waals surface area contributed by atoms with Crippen molar-refractivity contribution in [2.24, 2.45) is 0 Å². The van der Waals surface area contributed by atoms with Crippen molar-refractivity contribution >= 4 is 0 Å². The zero-order valence-electron chi connectivity index (χ0n) is 5.12. The standard InChI is InChI=1S/C8H8N/c1-2-4-8-5-3-6-9-7-8/h2-7H,1H2/q-1. The Hall–Kier alpha value is -1.24. The summed E-state index contributed by atoms with van der Waals surface area (Å²) >= 11 is 0. The average molecular weight is 118 g/mol. The van der Waals surface area contributed by atoms with E-state index in [1.54, 1.807) is 18.5 Å². The highest BCUT2D eigenvalue weighted by molar-refractivity contribution is 5.22. The van der Waals surface area contributed by atoms with Crippen molar-refractivity contribution in [2.75, 3.05) is 0 Å². The molecule has 0 aromatic carbocycles. The molecule has 0 unspecified atom stereocenters. The van der Waals surface area contributed by atoms with Gasteiger partial charge in [0.1, 0.15) is 0 Å². The van der Waals surface area contributed by atoms with Crippen molar-refractivity contribution in [2.45, 2.75) is 0 Å². The second kappa shape index (κ2) is 2.92. The van der Waals surface area contributed by atoms with Crippen LogP contribution in [0.3, 0.4) is 0 Å². The van der Waals surface area contributed by atoms with Gasteiger partial charge in [0.15, 0.2) is 0 Å². The molecule has 0 radical (unpaired) electrons. The van der Waals surface area contributed by atoms with Crippen molar-refractivity contribution in [3.63, 3.8) is 0 Å². The minimum Gasteiger partial charge on any atom is -0.313 e. The molecule has 1 aromatic rings. The van der Waals surface area contributed by atoms with E-state index in [1.807, 2.05) is 18.6 Å². The lowest BCUT2D eigenvalue weighted by atomic mass is 10.2. The first kappa shape index (κ1) is 5.89. The van der Waals surface area contributed by atoms with Crippen molar-refractivity contribution < 1.29 is 0 Å². The van der Waals surface area contributed by atoms with Gasteiger partial charge in [-0.05, 0) is 6.20 Å². The van der Waals surface area contributed by atoms with Crippen LogP contribution in [-0.2, 0) is 0 Å². The molecule has 1 aromatic heterocycles. The smallest absolute Gasteiger partial charge is 0.00617 e. The quantitative estimate of drug-likeness (QED) is 0.540. The number of hydrogen-bond donors (Lipinski definition) is 0. The number of allylic oxidation sites excluding steroid dienone is 1. The van der Waals surface area contributed by atoms with E-state index in [1.165, 1.54) is 0 Å². The zero-order valence-corrected chi connectivity index (χ0v) is 5.12. The third-order valence-electron chi connectivity index (χ3n) is 0.995. The summed E-state index contributed by atoms with van der Waals surface area (Å²) in [4.78, 5) is 3.92. The van der Waals surface area contributed by atoms with Gasteiger partial charge in [0.05, 0.1) is 0 Å². The molecule has 46 valence electrons. The van der Waals surface area contributed by atoms with Gasteiger partial charge < -0.3 is 4.98 Å². The van der Waals surface area contributed by atoms with E-state index in [9.17, 15) is 0 Å². The summed E-state index contributed by atoms with van der Waals surface area (Å²) in [6.45, 7) is 3.57. The van der Waals surface area contributed by atoms with Gasteiger partial charge in [-0.15, -0.1) is 18.1 Å². The summed E-state index contributed by atoms with van der Waals surface area (Å²) in [5.74, 6) is 0. The van der Waals surface area contributed by atoms with E-state index in [2.05, 4.69) is 11.6 Å². The minimum absolute atomic E-state index is 1.09. The van der Waals surface area contributed by atoms with Gasteiger partial charge in [-0.1, -0.05) is 6.07 Å². The highest BCUT2D eigenvalue weighted by Crippen LogP contribution is 1.98. The molecule has 0 saturated carbocycles. The van der Waals surface area contributed by atoms with Crippen LogP contribution in [0.2, 0.25) is 0 Å². The number of aromatic nitrogens is 1. The summed E-state index contributed by atoms with van der Waals surface area (Å²) in [5, 5.41) is 0. The predicted molar refractivity (Wildman–Crippen MR) is 37.8 cm³/mol. The first-order valence-electron chi connectivity index (χ1n) is 2.79. The lowest BCUT2D eigenvalue weighted by Gasteiger charge is -1.99. The summed E-state index contributed by atoms with van der Waals surface area (Å²) in [5.41, 5.74) is 1.09. The molecule has 9 heavy (non-hydrogen) atoms. The molecule has 0 fully saturated rings. The molecule has 1 heteroatoms. The Morgan fingerprint density at radius 3 is 3.11 bits per heavy atom. The van der Waals surface area contributed by atoms with Crippen LogP contribution >= 0.6 is 0 Å². The molecular formula is C8H8N-. The Bertz CT molecular complexity index is 179. The molecule has 0 atom stereocenters. The van der Waals surface area contributed by atoms with Crippen molar-refractivity contribution in [1.82, 2.24) is 4.98 Å². The summed E-state index contributed by atoms with van der Waals surface area (Å²) in [7, 11) is 0. The van der Waals surface area contributed by atoms with Crippen LogP contribution in [0.4, 0.5) is 0 Å². The Labute approximate surface area is 55.1 Å². The molecular weight excluding hydrogens is 110 g/mol. The highest BCUT2D eigenvalue weighted by Gasteiger charge is 1.74. The van der Waals surface area contributed by atoms with Crippen LogP contribution in [0.1, 0.15) is 5.56 Å². The zero-order chi connectivity index (χ0) is 6.53. The topological polar surface area (TPSA) is 12.9 Å². The molecule has 0 spiro atoms. The highest BCUT2D eigenvalue weighted by atomic mass is 14.6. The molecule has 0 aliphatic heterocycles. The number of hydrogen-bond acceptors (Lipinski definition) is 1. The lowest BCUT2D eigenvalue weighted by Crippen LogP contribution is -1.76. The summed E-state index contributed by atoms with van der Waals surface area (Å²) in [6.07, 6.45) is 7.20. The van der Waals surface area contributed by atoms with Gasteiger partial charge in [0, 0.05) is 6.20 Å². The van der Waals surface area contributed by atoms with Gasteiger partial charge >= 0.3 is 0 Å². The Kier molecular flexibility index (Phi) is 1.91. The van der Waals surface area contributed by atoms with Gasteiger partial charge in [0.25, 0.3) is 0 Å². The van der Waals surface area contributed by atoms with Crippen LogP contribution in [0.25, 0.3) is 0 Å². The molecule has 0 bridgehead atoms. The second-order valence-corrected chi connectivity index (χ2v) is 1.69. The SMILES string of the molecule is C=C[CH-]c1cccnc1. The third kappa shape index (κ3) is 1.61. The lowest BCUT2D eigenvalue weighted by molar-refractivity contribution is 1.29.